The summed E-state index contributed by atoms with van der Waals surface area (Å²) in [6.45, 7) is 2.09. The van der Waals surface area contributed by atoms with Gasteiger partial charge in [-0.25, -0.2) is 4.98 Å². The normalized spacial score (nSPS) is 11.2. The minimum atomic E-state index is 0.779. The van der Waals surface area contributed by atoms with Crippen molar-refractivity contribution in [3.05, 3.63) is 71.4 Å². The Balaban J connectivity index is 1.90. The molecule has 2 N–H and O–H groups in total. The zero-order valence-electron chi connectivity index (χ0n) is 11.4. The third-order valence-electron chi connectivity index (χ3n) is 3.25. The molecule has 98 valence electrons. The van der Waals surface area contributed by atoms with Crippen molar-refractivity contribution in [3.8, 4) is 0 Å². The van der Waals surface area contributed by atoms with Crippen molar-refractivity contribution in [2.24, 2.45) is 0 Å². The van der Waals surface area contributed by atoms with Crippen LogP contribution in [0.5, 0.6) is 0 Å². The van der Waals surface area contributed by atoms with Gasteiger partial charge < -0.3 is 5.73 Å². The van der Waals surface area contributed by atoms with Crippen LogP contribution in [0.1, 0.15) is 16.8 Å². The van der Waals surface area contributed by atoms with Gasteiger partial charge >= 0.3 is 0 Å². The maximum atomic E-state index is 5.67. The highest BCUT2D eigenvalue weighted by atomic mass is 14.7. The van der Waals surface area contributed by atoms with Gasteiger partial charge in [-0.05, 0) is 48.9 Å². The summed E-state index contributed by atoms with van der Waals surface area (Å²) in [7, 11) is 0. The number of benzene rings is 2. The molecule has 0 spiro atoms. The number of nitrogen functional groups attached to an aromatic ring is 1. The Kier molecular flexibility index (Phi) is 3.21. The lowest BCUT2D eigenvalue weighted by Crippen LogP contribution is -1.84. The maximum absolute atomic E-state index is 5.67. The highest BCUT2D eigenvalue weighted by Crippen LogP contribution is 2.16. The number of pyridine rings is 1. The molecule has 0 radical (unpaired) electrons. The molecule has 20 heavy (non-hydrogen) atoms. The second-order valence-electron chi connectivity index (χ2n) is 4.93. The largest absolute Gasteiger partial charge is 0.399 e. The zero-order valence-corrected chi connectivity index (χ0v) is 11.4. The van der Waals surface area contributed by atoms with E-state index in [-0.39, 0.29) is 0 Å². The number of hydrogen-bond donors (Lipinski definition) is 1. The summed E-state index contributed by atoms with van der Waals surface area (Å²) in [5.74, 6) is 0. The summed E-state index contributed by atoms with van der Waals surface area (Å²) >= 11 is 0. The van der Waals surface area contributed by atoms with Crippen LogP contribution in [0.3, 0.4) is 0 Å². The van der Waals surface area contributed by atoms with Gasteiger partial charge in [0.2, 0.25) is 0 Å². The van der Waals surface area contributed by atoms with E-state index in [4.69, 9.17) is 5.73 Å². The van der Waals surface area contributed by atoms with Crippen molar-refractivity contribution in [3.63, 3.8) is 0 Å². The Bertz CT molecular complexity index is 771. The average molecular weight is 260 g/mol. The molecule has 2 nitrogen and oxygen atoms in total. The molecule has 0 aliphatic heterocycles. The van der Waals surface area contributed by atoms with E-state index in [2.05, 4.69) is 36.2 Å². The van der Waals surface area contributed by atoms with Crippen LogP contribution in [0, 0.1) is 6.92 Å². The summed E-state index contributed by atoms with van der Waals surface area (Å²) in [6.07, 6.45) is 4.06. The first-order chi connectivity index (χ1) is 9.70. The van der Waals surface area contributed by atoms with Gasteiger partial charge in [0.15, 0.2) is 0 Å². The van der Waals surface area contributed by atoms with E-state index >= 15 is 0 Å². The lowest BCUT2D eigenvalue weighted by Gasteiger charge is -2.00. The van der Waals surface area contributed by atoms with E-state index in [9.17, 15) is 0 Å². The van der Waals surface area contributed by atoms with Crippen LogP contribution in [0.4, 0.5) is 5.69 Å². The molecule has 0 bridgehead atoms. The standard InChI is InChI=1S/C18H16N2/c1-13-2-11-18-15(12-13)6-10-17(20-18)9-5-14-3-7-16(19)8-4-14/h2-12H,19H2,1H3/b9-5+. The molecule has 3 aromatic rings. The molecule has 0 atom stereocenters. The molecule has 0 unspecified atom stereocenters. The summed E-state index contributed by atoms with van der Waals surface area (Å²) in [6, 6.07) is 18.2. The molecule has 0 amide bonds. The minimum absolute atomic E-state index is 0.779. The van der Waals surface area contributed by atoms with Crippen LogP contribution < -0.4 is 5.73 Å². The van der Waals surface area contributed by atoms with Crippen molar-refractivity contribution >= 4 is 28.7 Å². The summed E-state index contributed by atoms with van der Waals surface area (Å²) in [5, 5.41) is 1.18. The first-order valence-corrected chi connectivity index (χ1v) is 6.62. The van der Waals surface area contributed by atoms with Gasteiger partial charge in [-0.1, -0.05) is 35.9 Å². The number of aryl methyl sites for hydroxylation is 1. The van der Waals surface area contributed by atoms with E-state index in [0.29, 0.717) is 0 Å². The van der Waals surface area contributed by atoms with E-state index in [1.807, 2.05) is 42.5 Å². The molecular weight excluding hydrogens is 244 g/mol. The third kappa shape index (κ3) is 2.69. The predicted octanol–water partition coefficient (Wildman–Crippen LogP) is 4.30. The van der Waals surface area contributed by atoms with Crippen LogP contribution in [-0.4, -0.2) is 4.98 Å². The van der Waals surface area contributed by atoms with Gasteiger partial charge in [0.25, 0.3) is 0 Å². The van der Waals surface area contributed by atoms with Crippen molar-refractivity contribution in [2.75, 3.05) is 5.73 Å². The number of fused-ring (bicyclic) bond motifs is 1. The zero-order chi connectivity index (χ0) is 13.9. The van der Waals surface area contributed by atoms with Gasteiger partial charge in [0, 0.05) is 11.1 Å². The monoisotopic (exact) mass is 260 g/mol. The molecule has 0 aliphatic rings. The van der Waals surface area contributed by atoms with Crippen molar-refractivity contribution < 1.29 is 0 Å². The number of nitrogens with two attached hydrogens (primary N) is 1. The smallest absolute Gasteiger partial charge is 0.0709 e. The molecule has 1 heterocycles. The van der Waals surface area contributed by atoms with Crippen LogP contribution in [0.15, 0.2) is 54.6 Å². The number of aromatic nitrogens is 1. The highest BCUT2D eigenvalue weighted by molar-refractivity contribution is 5.81. The molecule has 0 aliphatic carbocycles. The lowest BCUT2D eigenvalue weighted by atomic mass is 10.1. The Morgan fingerprint density at radius 1 is 0.900 bits per heavy atom. The summed E-state index contributed by atoms with van der Waals surface area (Å²) in [5.41, 5.74) is 10.8. The Morgan fingerprint density at radius 2 is 1.70 bits per heavy atom. The highest BCUT2D eigenvalue weighted by Gasteiger charge is 1.96. The van der Waals surface area contributed by atoms with Crippen LogP contribution in [-0.2, 0) is 0 Å². The maximum Gasteiger partial charge on any atom is 0.0709 e. The Hall–Kier alpha value is -2.61. The fourth-order valence-corrected chi connectivity index (χ4v) is 2.14. The first-order valence-electron chi connectivity index (χ1n) is 6.62. The Labute approximate surface area is 118 Å². The Morgan fingerprint density at radius 3 is 2.50 bits per heavy atom. The number of rotatable bonds is 2. The van der Waals surface area contributed by atoms with Crippen LogP contribution in [0.25, 0.3) is 23.1 Å². The predicted molar refractivity (Wildman–Crippen MR) is 86.3 cm³/mol. The van der Waals surface area contributed by atoms with E-state index in [1.165, 1.54) is 10.9 Å². The second kappa shape index (κ2) is 5.17. The lowest BCUT2D eigenvalue weighted by molar-refractivity contribution is 1.36. The molecule has 3 rings (SSSR count). The molecule has 2 heteroatoms. The molecule has 0 saturated carbocycles. The molecule has 2 aromatic carbocycles. The van der Waals surface area contributed by atoms with Crippen molar-refractivity contribution in [1.82, 2.24) is 4.98 Å². The van der Waals surface area contributed by atoms with Gasteiger partial charge in [-0.15, -0.1) is 0 Å². The number of hydrogen-bond acceptors (Lipinski definition) is 2. The SMILES string of the molecule is Cc1ccc2nc(/C=C/c3ccc(N)cc3)ccc2c1. The number of nitrogens with zero attached hydrogens (tertiary/aromatic N) is 1. The van der Waals surface area contributed by atoms with Crippen LogP contribution >= 0.6 is 0 Å². The second-order valence-corrected chi connectivity index (χ2v) is 4.93. The average Bonchev–Trinajstić information content (AvgIpc) is 2.46. The third-order valence-corrected chi connectivity index (χ3v) is 3.25. The van der Waals surface area contributed by atoms with Crippen molar-refractivity contribution in [2.45, 2.75) is 6.92 Å². The van der Waals surface area contributed by atoms with Gasteiger partial charge in [-0.3, -0.25) is 0 Å². The quantitative estimate of drug-likeness (QED) is 0.698. The van der Waals surface area contributed by atoms with Gasteiger partial charge in [0.05, 0.1) is 11.2 Å². The summed E-state index contributed by atoms with van der Waals surface area (Å²) in [4.78, 5) is 4.64. The first kappa shape index (κ1) is 12.4. The molecular formula is C18H16N2. The van der Waals surface area contributed by atoms with Crippen LogP contribution in [0.2, 0.25) is 0 Å². The fourth-order valence-electron chi connectivity index (χ4n) is 2.14. The summed E-state index contributed by atoms with van der Waals surface area (Å²) < 4.78 is 0. The van der Waals surface area contributed by atoms with Gasteiger partial charge in [-0.2, -0.15) is 0 Å². The van der Waals surface area contributed by atoms with E-state index in [1.54, 1.807) is 0 Å². The minimum Gasteiger partial charge on any atom is -0.399 e. The van der Waals surface area contributed by atoms with Crippen molar-refractivity contribution in [1.29, 1.82) is 0 Å². The number of anilines is 1. The van der Waals surface area contributed by atoms with E-state index in [0.717, 1.165) is 22.5 Å². The topological polar surface area (TPSA) is 38.9 Å². The molecule has 0 fully saturated rings. The van der Waals surface area contributed by atoms with Gasteiger partial charge in [0.1, 0.15) is 0 Å². The molecule has 1 aromatic heterocycles. The fraction of sp³-hybridized carbons (Fsp3) is 0.0556. The molecule has 0 saturated heterocycles. The van der Waals surface area contributed by atoms with E-state index < -0.39 is 0 Å².